The van der Waals surface area contributed by atoms with Gasteiger partial charge in [0.1, 0.15) is 0 Å². The van der Waals surface area contributed by atoms with Gasteiger partial charge in [-0.2, -0.15) is 4.57 Å². The fourth-order valence-electron chi connectivity index (χ4n) is 5.36. The van der Waals surface area contributed by atoms with E-state index in [2.05, 4.69) is 47.0 Å². The first-order chi connectivity index (χ1) is 15.3. The largest absolute Gasteiger partial charge is 0.472 e. The second-order valence-corrected chi connectivity index (χ2v) is 8.94. The van der Waals surface area contributed by atoms with Crippen molar-refractivity contribution in [3.8, 4) is 0 Å². The lowest BCUT2D eigenvalue weighted by molar-refractivity contribution is -2.00. The van der Waals surface area contributed by atoms with Crippen molar-refractivity contribution in [3.63, 3.8) is 0 Å². The van der Waals surface area contributed by atoms with Crippen LogP contribution in [-0.2, 0) is 5.41 Å². The summed E-state index contributed by atoms with van der Waals surface area (Å²) in [4.78, 5) is 0. The molecular weight excluding hydrogens is 457 g/mol. The standard InChI is InChI=1S/C23H17ClNO2.ClHO4/c24-21-7-3-6-19-22-18-5-2-1-4-17(18)20(25(19)21)12-23(22,15-8-10-26-13-15)16-9-11-27-14-16;2-1(3,4)5/h1-11,13-14,20,22H,12H2;(H,2,3,4,5)/q+1;/p-1. The lowest BCUT2D eigenvalue weighted by Crippen LogP contribution is -2.68. The Balaban J connectivity index is 0.000000393. The van der Waals surface area contributed by atoms with Gasteiger partial charge in [0, 0.05) is 35.2 Å². The first-order valence-corrected chi connectivity index (χ1v) is 11.4. The number of hydrogen-bond acceptors (Lipinski definition) is 6. The Morgan fingerprint density at radius 1 is 0.844 bits per heavy atom. The van der Waals surface area contributed by atoms with Crippen LogP contribution in [0.15, 0.2) is 88.5 Å². The van der Waals surface area contributed by atoms with E-state index in [1.807, 2.05) is 24.7 Å². The first-order valence-electron chi connectivity index (χ1n) is 9.76. The number of halogens is 2. The molecule has 0 saturated heterocycles. The van der Waals surface area contributed by atoms with E-state index in [9.17, 15) is 0 Å². The molecule has 0 amide bonds. The Labute approximate surface area is 190 Å². The molecule has 32 heavy (non-hydrogen) atoms. The quantitative estimate of drug-likeness (QED) is 0.308. The van der Waals surface area contributed by atoms with Gasteiger partial charge in [0.25, 0.3) is 5.15 Å². The van der Waals surface area contributed by atoms with Crippen molar-refractivity contribution in [2.24, 2.45) is 0 Å². The molecule has 7 nitrogen and oxygen atoms in total. The number of fused-ring (bicyclic) bond motifs is 1. The summed E-state index contributed by atoms with van der Waals surface area (Å²) in [6.07, 6.45) is 8.19. The van der Waals surface area contributed by atoms with Crippen molar-refractivity contribution in [1.29, 1.82) is 0 Å². The minimum absolute atomic E-state index is 0.132. The number of hydrogen-bond donors (Lipinski definition) is 0. The predicted octanol–water partition coefficient (Wildman–Crippen LogP) is 0.482. The average Bonchev–Trinajstić information content (AvgIpc) is 3.47. The van der Waals surface area contributed by atoms with Gasteiger partial charge in [0.05, 0.1) is 36.4 Å². The molecule has 3 aromatic heterocycles. The number of furan rings is 2. The smallest absolute Gasteiger partial charge is 0.275 e. The third-order valence-electron chi connectivity index (χ3n) is 6.36. The fourth-order valence-corrected chi connectivity index (χ4v) is 5.65. The number of rotatable bonds is 2. The number of aromatic nitrogens is 1. The zero-order valence-corrected chi connectivity index (χ0v) is 18.0. The maximum absolute atomic E-state index is 8.49. The summed E-state index contributed by atoms with van der Waals surface area (Å²) in [6, 6.07) is 19.3. The van der Waals surface area contributed by atoms with Crippen LogP contribution in [0.4, 0.5) is 0 Å². The molecule has 9 heteroatoms. The Bertz CT molecular complexity index is 1190. The van der Waals surface area contributed by atoms with Crippen LogP contribution in [0.1, 0.15) is 46.3 Å². The van der Waals surface area contributed by atoms with Crippen LogP contribution in [0.3, 0.4) is 0 Å². The number of benzene rings is 1. The van der Waals surface area contributed by atoms with E-state index in [1.165, 1.54) is 27.9 Å². The van der Waals surface area contributed by atoms with Gasteiger partial charge in [-0.15, -0.1) is 10.2 Å². The zero-order valence-electron chi connectivity index (χ0n) is 16.5. The maximum atomic E-state index is 8.49. The number of nitrogens with zero attached hydrogens (tertiary/aromatic N) is 1. The second-order valence-electron chi connectivity index (χ2n) is 7.80. The van der Waals surface area contributed by atoms with Crippen molar-refractivity contribution in [3.05, 3.63) is 113 Å². The van der Waals surface area contributed by atoms with E-state index in [1.54, 1.807) is 12.5 Å². The molecule has 1 aromatic carbocycles. The van der Waals surface area contributed by atoms with Crippen molar-refractivity contribution in [1.82, 2.24) is 0 Å². The topological polar surface area (TPSA) is 122 Å². The Hall–Kier alpha value is -2.65. The zero-order chi connectivity index (χ0) is 22.5. The minimum Gasteiger partial charge on any atom is -0.472 e. The molecular formula is C23H17Cl2NO6. The molecule has 2 unspecified atom stereocenters. The van der Waals surface area contributed by atoms with Gasteiger partial charge in [-0.25, -0.2) is 18.6 Å². The molecule has 2 bridgehead atoms. The highest BCUT2D eigenvalue weighted by Crippen LogP contribution is 2.59. The van der Waals surface area contributed by atoms with Crippen LogP contribution >= 0.6 is 11.6 Å². The molecule has 0 fully saturated rings. The normalized spacial score (nSPS) is 20.2. The van der Waals surface area contributed by atoms with Crippen LogP contribution in [0, 0.1) is 10.2 Å². The predicted molar refractivity (Wildman–Crippen MR) is 101 cm³/mol. The van der Waals surface area contributed by atoms with E-state index in [4.69, 9.17) is 39.1 Å². The van der Waals surface area contributed by atoms with Crippen LogP contribution in [0.5, 0.6) is 0 Å². The van der Waals surface area contributed by atoms with Gasteiger partial charge >= 0.3 is 0 Å². The van der Waals surface area contributed by atoms with Gasteiger partial charge in [-0.1, -0.05) is 24.3 Å². The molecule has 3 aliphatic rings. The first kappa shape index (κ1) is 21.2. The Kier molecular flexibility index (Phi) is 5.13. The summed E-state index contributed by atoms with van der Waals surface area (Å²) in [5, 5.41) is 0.782. The molecule has 2 atom stereocenters. The Morgan fingerprint density at radius 2 is 1.44 bits per heavy atom. The average molecular weight is 474 g/mol. The SMILES string of the molecule is Clc1cccc2[n+]1C1CC(c3ccoc3)(c3ccoc3)C2c2ccccc21.[O-][Cl+3]([O-])([O-])[O-]. The van der Waals surface area contributed by atoms with E-state index < -0.39 is 10.2 Å². The van der Waals surface area contributed by atoms with Crippen LogP contribution in [0.2, 0.25) is 5.15 Å². The van der Waals surface area contributed by atoms with Crippen LogP contribution in [0.25, 0.3) is 0 Å². The van der Waals surface area contributed by atoms with Gasteiger partial charge in [0.15, 0.2) is 11.7 Å². The molecule has 7 rings (SSSR count). The van der Waals surface area contributed by atoms with Gasteiger partial charge < -0.3 is 8.83 Å². The van der Waals surface area contributed by atoms with E-state index in [-0.39, 0.29) is 17.4 Å². The second kappa shape index (κ2) is 7.74. The third kappa shape index (κ3) is 3.34. The van der Waals surface area contributed by atoms with E-state index in [0.29, 0.717) is 0 Å². The van der Waals surface area contributed by atoms with Gasteiger partial charge in [-0.05, 0) is 35.4 Å². The Morgan fingerprint density at radius 3 is 2.00 bits per heavy atom. The molecule has 4 aromatic rings. The fraction of sp³-hybridized carbons (Fsp3) is 0.174. The summed E-state index contributed by atoms with van der Waals surface area (Å²) in [7, 11) is -4.94. The molecule has 0 spiro atoms. The summed E-state index contributed by atoms with van der Waals surface area (Å²) in [6.45, 7) is 0. The monoisotopic (exact) mass is 473 g/mol. The molecule has 0 radical (unpaired) electrons. The molecule has 1 aliphatic carbocycles. The van der Waals surface area contributed by atoms with E-state index >= 15 is 0 Å². The highest BCUT2D eigenvalue weighted by Gasteiger charge is 2.60. The van der Waals surface area contributed by atoms with E-state index in [0.717, 1.165) is 11.6 Å². The lowest BCUT2D eigenvalue weighted by Gasteiger charge is -2.48. The van der Waals surface area contributed by atoms with Gasteiger partial charge in [0.2, 0.25) is 0 Å². The molecule has 2 aliphatic heterocycles. The number of pyridine rings is 1. The van der Waals surface area contributed by atoms with Crippen molar-refractivity contribution in [2.45, 2.75) is 23.8 Å². The van der Waals surface area contributed by atoms with Crippen molar-refractivity contribution in [2.75, 3.05) is 0 Å². The highest BCUT2D eigenvalue weighted by atomic mass is 35.7. The maximum Gasteiger partial charge on any atom is 0.275 e. The molecule has 0 saturated carbocycles. The van der Waals surface area contributed by atoms with Crippen LogP contribution < -0.4 is 23.2 Å². The van der Waals surface area contributed by atoms with Gasteiger partial charge in [-0.3, -0.25) is 0 Å². The lowest BCUT2D eigenvalue weighted by atomic mass is 9.54. The molecule has 0 N–H and O–H groups in total. The highest BCUT2D eigenvalue weighted by molar-refractivity contribution is 6.28. The molecule has 164 valence electrons. The van der Waals surface area contributed by atoms with Crippen molar-refractivity contribution < 1.29 is 42.3 Å². The summed E-state index contributed by atoms with van der Waals surface area (Å²) in [5.41, 5.74) is 6.07. The third-order valence-corrected chi connectivity index (χ3v) is 6.67. The summed E-state index contributed by atoms with van der Waals surface area (Å²) in [5.74, 6) is 0.132. The molecule has 5 heterocycles. The summed E-state index contributed by atoms with van der Waals surface area (Å²) >= 11 is 6.67. The van der Waals surface area contributed by atoms with Crippen LogP contribution in [-0.4, -0.2) is 0 Å². The summed E-state index contributed by atoms with van der Waals surface area (Å²) < 4.78 is 47.3. The van der Waals surface area contributed by atoms with Crippen molar-refractivity contribution >= 4 is 11.6 Å². The minimum atomic E-state index is -4.94.